The van der Waals surface area contributed by atoms with Crippen LogP contribution in [0.15, 0.2) is 0 Å². The topological polar surface area (TPSA) is 21.3 Å². The SMILES string of the molecule is COCC(C)NCC(C)CCl. The van der Waals surface area contributed by atoms with Gasteiger partial charge in [-0.2, -0.15) is 0 Å². The van der Waals surface area contributed by atoms with E-state index in [2.05, 4.69) is 19.2 Å². The Morgan fingerprint density at radius 2 is 2.09 bits per heavy atom. The van der Waals surface area contributed by atoms with E-state index in [0.717, 1.165) is 13.2 Å². The van der Waals surface area contributed by atoms with Gasteiger partial charge in [0.25, 0.3) is 0 Å². The van der Waals surface area contributed by atoms with Crippen molar-refractivity contribution in [3.05, 3.63) is 0 Å². The zero-order valence-electron chi connectivity index (χ0n) is 7.56. The van der Waals surface area contributed by atoms with Gasteiger partial charge in [0.15, 0.2) is 0 Å². The molecule has 0 fully saturated rings. The summed E-state index contributed by atoms with van der Waals surface area (Å²) in [7, 11) is 1.71. The summed E-state index contributed by atoms with van der Waals surface area (Å²) in [6, 6.07) is 0.422. The minimum absolute atomic E-state index is 0.422. The van der Waals surface area contributed by atoms with Crippen LogP contribution in [0.5, 0.6) is 0 Å². The minimum atomic E-state index is 0.422. The first-order valence-corrected chi connectivity index (χ1v) is 4.52. The van der Waals surface area contributed by atoms with Crippen molar-refractivity contribution in [1.82, 2.24) is 5.32 Å². The maximum atomic E-state index is 5.64. The molecule has 0 aliphatic heterocycles. The van der Waals surface area contributed by atoms with Crippen molar-refractivity contribution in [1.29, 1.82) is 0 Å². The maximum Gasteiger partial charge on any atom is 0.0613 e. The molecule has 0 aromatic heterocycles. The third-order valence-corrected chi connectivity index (χ3v) is 2.02. The second kappa shape index (κ2) is 6.89. The first-order chi connectivity index (χ1) is 5.20. The minimum Gasteiger partial charge on any atom is -0.383 e. The fourth-order valence-corrected chi connectivity index (χ4v) is 0.875. The van der Waals surface area contributed by atoms with Crippen LogP contribution in [-0.4, -0.2) is 32.2 Å². The van der Waals surface area contributed by atoms with Gasteiger partial charge in [0.1, 0.15) is 0 Å². The first-order valence-electron chi connectivity index (χ1n) is 3.99. The van der Waals surface area contributed by atoms with E-state index in [-0.39, 0.29) is 0 Å². The molecule has 0 aromatic carbocycles. The van der Waals surface area contributed by atoms with E-state index in [9.17, 15) is 0 Å². The molecule has 0 rings (SSSR count). The average Bonchev–Trinajstić information content (AvgIpc) is 2.01. The monoisotopic (exact) mass is 179 g/mol. The molecule has 0 heterocycles. The molecule has 0 saturated heterocycles. The van der Waals surface area contributed by atoms with Crippen LogP contribution >= 0.6 is 11.6 Å². The third-order valence-electron chi connectivity index (χ3n) is 1.49. The van der Waals surface area contributed by atoms with Gasteiger partial charge in [-0.25, -0.2) is 0 Å². The van der Waals surface area contributed by atoms with Gasteiger partial charge in [-0.05, 0) is 19.4 Å². The van der Waals surface area contributed by atoms with Crippen molar-refractivity contribution in [2.75, 3.05) is 26.1 Å². The molecule has 11 heavy (non-hydrogen) atoms. The van der Waals surface area contributed by atoms with Gasteiger partial charge in [0.05, 0.1) is 6.61 Å². The summed E-state index contributed by atoms with van der Waals surface area (Å²) in [6.07, 6.45) is 0. The van der Waals surface area contributed by atoms with Crippen LogP contribution in [0.4, 0.5) is 0 Å². The Morgan fingerprint density at radius 3 is 2.55 bits per heavy atom. The van der Waals surface area contributed by atoms with Crippen molar-refractivity contribution in [3.63, 3.8) is 0 Å². The summed E-state index contributed by atoms with van der Waals surface area (Å²) >= 11 is 5.64. The van der Waals surface area contributed by atoms with Gasteiger partial charge in [0.2, 0.25) is 0 Å². The molecule has 0 radical (unpaired) electrons. The van der Waals surface area contributed by atoms with Crippen LogP contribution < -0.4 is 5.32 Å². The predicted molar refractivity (Wildman–Crippen MR) is 49.2 cm³/mol. The summed E-state index contributed by atoms with van der Waals surface area (Å²) in [5.74, 6) is 1.25. The molecule has 1 N–H and O–H groups in total. The van der Waals surface area contributed by atoms with Gasteiger partial charge in [-0.1, -0.05) is 6.92 Å². The van der Waals surface area contributed by atoms with Crippen LogP contribution in [0.3, 0.4) is 0 Å². The van der Waals surface area contributed by atoms with Crippen molar-refractivity contribution in [2.24, 2.45) is 5.92 Å². The Bertz CT molecular complexity index is 90.2. The molecule has 0 bridgehead atoms. The van der Waals surface area contributed by atoms with E-state index in [1.807, 2.05) is 0 Å². The number of alkyl halides is 1. The first kappa shape index (κ1) is 11.2. The Morgan fingerprint density at radius 1 is 1.45 bits per heavy atom. The van der Waals surface area contributed by atoms with Crippen molar-refractivity contribution in [3.8, 4) is 0 Å². The lowest BCUT2D eigenvalue weighted by Gasteiger charge is -2.14. The Hall–Kier alpha value is 0.210. The Balaban J connectivity index is 3.22. The lowest BCUT2D eigenvalue weighted by molar-refractivity contribution is 0.171. The molecule has 0 saturated carbocycles. The maximum absolute atomic E-state index is 5.64. The largest absolute Gasteiger partial charge is 0.383 e. The van der Waals surface area contributed by atoms with Crippen molar-refractivity contribution in [2.45, 2.75) is 19.9 Å². The van der Waals surface area contributed by atoms with E-state index in [1.165, 1.54) is 0 Å². The predicted octanol–water partition coefficient (Wildman–Crippen LogP) is 1.49. The van der Waals surface area contributed by atoms with E-state index in [4.69, 9.17) is 16.3 Å². The molecular formula is C8H18ClNO. The standard InChI is InChI=1S/C8H18ClNO/c1-7(4-9)5-10-8(2)6-11-3/h7-8,10H,4-6H2,1-3H3. The number of hydrogen-bond donors (Lipinski definition) is 1. The van der Waals surface area contributed by atoms with Crippen molar-refractivity contribution >= 4 is 11.6 Å². The molecular weight excluding hydrogens is 162 g/mol. The Labute approximate surface area is 74.3 Å². The number of nitrogens with one attached hydrogen (secondary N) is 1. The third kappa shape index (κ3) is 6.60. The van der Waals surface area contributed by atoms with Gasteiger partial charge >= 0.3 is 0 Å². The number of ether oxygens (including phenoxy) is 1. The van der Waals surface area contributed by atoms with Crippen molar-refractivity contribution < 1.29 is 4.74 Å². The van der Waals surface area contributed by atoms with Crippen LogP contribution in [0, 0.1) is 5.92 Å². The zero-order chi connectivity index (χ0) is 8.69. The molecule has 68 valence electrons. The van der Waals surface area contributed by atoms with Crippen LogP contribution in [0.1, 0.15) is 13.8 Å². The molecule has 2 unspecified atom stereocenters. The molecule has 0 spiro atoms. The van der Waals surface area contributed by atoms with E-state index < -0.39 is 0 Å². The number of methoxy groups -OCH3 is 1. The average molecular weight is 180 g/mol. The summed E-state index contributed by atoms with van der Waals surface area (Å²) in [4.78, 5) is 0. The number of rotatable bonds is 6. The molecule has 2 nitrogen and oxygen atoms in total. The fourth-order valence-electron chi connectivity index (χ4n) is 0.766. The van der Waals surface area contributed by atoms with Gasteiger partial charge in [-0.15, -0.1) is 11.6 Å². The van der Waals surface area contributed by atoms with Crippen LogP contribution in [0.25, 0.3) is 0 Å². The number of hydrogen-bond acceptors (Lipinski definition) is 2. The lowest BCUT2D eigenvalue weighted by Crippen LogP contribution is -2.33. The number of halogens is 1. The highest BCUT2D eigenvalue weighted by Crippen LogP contribution is 1.95. The molecule has 0 amide bonds. The van der Waals surface area contributed by atoms with Crippen LogP contribution in [0.2, 0.25) is 0 Å². The zero-order valence-corrected chi connectivity index (χ0v) is 8.32. The van der Waals surface area contributed by atoms with Crippen LogP contribution in [-0.2, 0) is 4.74 Å². The summed E-state index contributed by atoms with van der Waals surface area (Å²) in [5.41, 5.74) is 0. The Kier molecular flexibility index (Phi) is 7.02. The van der Waals surface area contributed by atoms with E-state index in [1.54, 1.807) is 7.11 Å². The molecule has 2 atom stereocenters. The smallest absolute Gasteiger partial charge is 0.0613 e. The van der Waals surface area contributed by atoms with E-state index >= 15 is 0 Å². The van der Waals surface area contributed by atoms with Gasteiger partial charge in [0, 0.05) is 19.0 Å². The molecule has 3 heteroatoms. The lowest BCUT2D eigenvalue weighted by atomic mass is 10.2. The molecule has 0 aliphatic rings. The summed E-state index contributed by atoms with van der Waals surface area (Å²) < 4.78 is 4.97. The van der Waals surface area contributed by atoms with Gasteiger partial charge < -0.3 is 10.1 Å². The second-order valence-electron chi connectivity index (χ2n) is 3.02. The molecule has 0 aliphatic carbocycles. The van der Waals surface area contributed by atoms with E-state index in [0.29, 0.717) is 17.8 Å². The molecule has 0 aromatic rings. The highest BCUT2D eigenvalue weighted by Gasteiger charge is 2.03. The normalized spacial score (nSPS) is 16.4. The quantitative estimate of drug-likeness (QED) is 0.624. The highest BCUT2D eigenvalue weighted by atomic mass is 35.5. The highest BCUT2D eigenvalue weighted by molar-refractivity contribution is 6.18. The summed E-state index contributed by atoms with van der Waals surface area (Å²) in [5, 5.41) is 3.32. The second-order valence-corrected chi connectivity index (χ2v) is 3.33. The van der Waals surface area contributed by atoms with Gasteiger partial charge in [-0.3, -0.25) is 0 Å². The fraction of sp³-hybridized carbons (Fsp3) is 1.00. The summed E-state index contributed by atoms with van der Waals surface area (Å²) in [6.45, 7) is 5.95.